The number of hydrogen-bond acceptors (Lipinski definition) is 4. The van der Waals surface area contributed by atoms with Crippen LogP contribution in [0.25, 0.3) is 0 Å². The van der Waals surface area contributed by atoms with Crippen LogP contribution >= 0.6 is 23.2 Å². The molecule has 0 aliphatic rings. The van der Waals surface area contributed by atoms with E-state index in [0.29, 0.717) is 41.7 Å². The molecule has 0 saturated carbocycles. The molecule has 1 aromatic rings. The van der Waals surface area contributed by atoms with Crippen molar-refractivity contribution in [2.45, 2.75) is 12.5 Å². The highest BCUT2D eigenvalue weighted by Crippen LogP contribution is 2.26. The molecule has 0 saturated heterocycles. The van der Waals surface area contributed by atoms with Crippen LogP contribution in [0.15, 0.2) is 18.2 Å². The predicted octanol–water partition coefficient (Wildman–Crippen LogP) is 1.70. The molecule has 0 bridgehead atoms. The lowest BCUT2D eigenvalue weighted by Gasteiger charge is -2.22. The predicted molar refractivity (Wildman–Crippen MR) is 76.7 cm³/mol. The number of halogens is 2. The number of nitrogens with zero attached hydrogens (tertiary/aromatic N) is 1. The third-order valence-electron chi connectivity index (χ3n) is 2.88. The standard InChI is InChI=1S/C13H19Cl2NO3/c14-11-2-1-10(9-12(11)15)13(19)3-4-16(5-7-17)6-8-18/h1-2,9,13,17-19H,3-8H2. The molecule has 0 fully saturated rings. The van der Waals surface area contributed by atoms with Gasteiger partial charge in [0, 0.05) is 19.6 Å². The number of aliphatic hydroxyl groups excluding tert-OH is 3. The van der Waals surface area contributed by atoms with Crippen molar-refractivity contribution in [3.05, 3.63) is 33.8 Å². The van der Waals surface area contributed by atoms with Crippen molar-refractivity contribution < 1.29 is 15.3 Å². The topological polar surface area (TPSA) is 63.9 Å². The first-order chi connectivity index (χ1) is 9.08. The van der Waals surface area contributed by atoms with Crippen LogP contribution < -0.4 is 0 Å². The smallest absolute Gasteiger partial charge is 0.0802 e. The second-order valence-corrected chi connectivity index (χ2v) is 5.08. The summed E-state index contributed by atoms with van der Waals surface area (Å²) in [5, 5.41) is 28.7. The van der Waals surface area contributed by atoms with Gasteiger partial charge in [-0.1, -0.05) is 29.3 Å². The summed E-state index contributed by atoms with van der Waals surface area (Å²) in [5.41, 5.74) is 0.711. The largest absolute Gasteiger partial charge is 0.395 e. The number of rotatable bonds is 8. The van der Waals surface area contributed by atoms with Crippen molar-refractivity contribution in [2.75, 3.05) is 32.8 Å². The zero-order valence-electron chi connectivity index (χ0n) is 10.6. The van der Waals surface area contributed by atoms with Crippen LogP contribution in [0.2, 0.25) is 10.0 Å². The van der Waals surface area contributed by atoms with E-state index in [1.54, 1.807) is 18.2 Å². The lowest BCUT2D eigenvalue weighted by Crippen LogP contribution is -2.31. The van der Waals surface area contributed by atoms with Gasteiger partial charge in [-0.3, -0.25) is 4.90 Å². The Kier molecular flexibility index (Phi) is 7.68. The third-order valence-corrected chi connectivity index (χ3v) is 3.62. The molecule has 1 atom stereocenters. The molecule has 6 heteroatoms. The van der Waals surface area contributed by atoms with E-state index in [1.165, 1.54) is 0 Å². The number of hydrogen-bond donors (Lipinski definition) is 3. The Morgan fingerprint density at radius 1 is 1.00 bits per heavy atom. The minimum atomic E-state index is -0.644. The van der Waals surface area contributed by atoms with Gasteiger partial charge in [0.2, 0.25) is 0 Å². The molecule has 0 heterocycles. The maximum atomic E-state index is 10.1. The zero-order chi connectivity index (χ0) is 14.3. The lowest BCUT2D eigenvalue weighted by atomic mass is 10.1. The average molecular weight is 308 g/mol. The minimum absolute atomic E-state index is 0.0306. The molecular formula is C13H19Cl2NO3. The number of aliphatic hydroxyl groups is 3. The quantitative estimate of drug-likeness (QED) is 0.684. The molecule has 0 spiro atoms. The summed E-state index contributed by atoms with van der Waals surface area (Å²) in [6.45, 7) is 1.61. The normalized spacial score (nSPS) is 12.9. The summed E-state index contributed by atoms with van der Waals surface area (Å²) in [5.74, 6) is 0. The first-order valence-corrected chi connectivity index (χ1v) is 6.91. The molecule has 3 N–H and O–H groups in total. The van der Waals surface area contributed by atoms with Crippen molar-refractivity contribution in [1.29, 1.82) is 0 Å². The van der Waals surface area contributed by atoms with E-state index < -0.39 is 6.10 Å². The van der Waals surface area contributed by atoms with Crippen LogP contribution in [-0.4, -0.2) is 53.1 Å². The first-order valence-electron chi connectivity index (χ1n) is 6.15. The Bertz CT molecular complexity index is 384. The Hall–Kier alpha value is -0.360. The van der Waals surface area contributed by atoms with Crippen LogP contribution in [0.4, 0.5) is 0 Å². The molecule has 0 aliphatic carbocycles. The van der Waals surface area contributed by atoms with Gasteiger partial charge in [0.15, 0.2) is 0 Å². The maximum absolute atomic E-state index is 10.1. The van der Waals surface area contributed by atoms with Gasteiger partial charge in [0.05, 0.1) is 29.4 Å². The van der Waals surface area contributed by atoms with E-state index in [4.69, 9.17) is 33.4 Å². The van der Waals surface area contributed by atoms with Crippen LogP contribution in [0.5, 0.6) is 0 Å². The summed E-state index contributed by atoms with van der Waals surface area (Å²) in [7, 11) is 0. The van der Waals surface area contributed by atoms with Crippen LogP contribution in [0.1, 0.15) is 18.1 Å². The van der Waals surface area contributed by atoms with Crippen molar-refractivity contribution in [1.82, 2.24) is 4.90 Å². The highest BCUT2D eigenvalue weighted by molar-refractivity contribution is 6.42. The van der Waals surface area contributed by atoms with Gasteiger partial charge in [-0.2, -0.15) is 0 Å². The Morgan fingerprint density at radius 2 is 1.63 bits per heavy atom. The van der Waals surface area contributed by atoms with Crippen molar-refractivity contribution in [2.24, 2.45) is 0 Å². The van der Waals surface area contributed by atoms with E-state index in [1.807, 2.05) is 4.90 Å². The van der Waals surface area contributed by atoms with Gasteiger partial charge < -0.3 is 15.3 Å². The van der Waals surface area contributed by atoms with Gasteiger partial charge >= 0.3 is 0 Å². The Morgan fingerprint density at radius 3 is 2.16 bits per heavy atom. The van der Waals surface area contributed by atoms with Crippen molar-refractivity contribution in [3.8, 4) is 0 Å². The van der Waals surface area contributed by atoms with E-state index in [9.17, 15) is 5.11 Å². The van der Waals surface area contributed by atoms with Crippen LogP contribution in [0, 0.1) is 0 Å². The maximum Gasteiger partial charge on any atom is 0.0802 e. The molecule has 1 unspecified atom stereocenters. The van der Waals surface area contributed by atoms with Gasteiger partial charge in [0.1, 0.15) is 0 Å². The third kappa shape index (κ3) is 5.65. The molecule has 1 rings (SSSR count). The average Bonchev–Trinajstić information content (AvgIpc) is 2.39. The first kappa shape index (κ1) is 16.7. The van der Waals surface area contributed by atoms with Crippen molar-refractivity contribution >= 4 is 23.2 Å². The molecule has 0 amide bonds. The monoisotopic (exact) mass is 307 g/mol. The fraction of sp³-hybridized carbons (Fsp3) is 0.538. The lowest BCUT2D eigenvalue weighted by molar-refractivity contribution is 0.118. The van der Waals surface area contributed by atoms with E-state index in [-0.39, 0.29) is 13.2 Å². The molecule has 4 nitrogen and oxygen atoms in total. The Balaban J connectivity index is 2.53. The summed E-state index contributed by atoms with van der Waals surface area (Å²) in [6, 6.07) is 5.04. The van der Waals surface area contributed by atoms with Gasteiger partial charge in [-0.15, -0.1) is 0 Å². The summed E-state index contributed by atoms with van der Waals surface area (Å²) < 4.78 is 0. The second-order valence-electron chi connectivity index (χ2n) is 4.27. The van der Waals surface area contributed by atoms with Crippen LogP contribution in [0.3, 0.4) is 0 Å². The van der Waals surface area contributed by atoms with Crippen molar-refractivity contribution in [3.63, 3.8) is 0 Å². The summed E-state index contributed by atoms with van der Waals surface area (Å²) >= 11 is 11.7. The van der Waals surface area contributed by atoms with E-state index in [2.05, 4.69) is 0 Å². The molecule has 108 valence electrons. The molecule has 19 heavy (non-hydrogen) atoms. The van der Waals surface area contributed by atoms with Gasteiger partial charge in [0.25, 0.3) is 0 Å². The second kappa shape index (κ2) is 8.74. The highest BCUT2D eigenvalue weighted by atomic mass is 35.5. The fourth-order valence-electron chi connectivity index (χ4n) is 1.81. The van der Waals surface area contributed by atoms with E-state index >= 15 is 0 Å². The zero-order valence-corrected chi connectivity index (χ0v) is 12.1. The summed E-state index contributed by atoms with van der Waals surface area (Å²) in [6.07, 6.45) is -0.146. The SMILES string of the molecule is OCCN(CCO)CCC(O)c1ccc(Cl)c(Cl)c1. The van der Waals surface area contributed by atoms with Crippen LogP contribution in [-0.2, 0) is 0 Å². The Labute approximate surface area is 123 Å². The molecule has 0 aliphatic heterocycles. The van der Waals surface area contributed by atoms with Gasteiger partial charge in [-0.25, -0.2) is 0 Å². The molecule has 1 aromatic carbocycles. The highest BCUT2D eigenvalue weighted by Gasteiger charge is 2.12. The molecular weight excluding hydrogens is 289 g/mol. The fourth-order valence-corrected chi connectivity index (χ4v) is 2.12. The van der Waals surface area contributed by atoms with Gasteiger partial charge in [-0.05, 0) is 24.1 Å². The minimum Gasteiger partial charge on any atom is -0.395 e. The summed E-state index contributed by atoms with van der Waals surface area (Å²) in [4.78, 5) is 1.89. The van der Waals surface area contributed by atoms with E-state index in [0.717, 1.165) is 0 Å². The molecule has 0 radical (unpaired) electrons. The molecule has 0 aromatic heterocycles. The number of benzene rings is 1.